The van der Waals surface area contributed by atoms with Gasteiger partial charge in [0, 0.05) is 6.04 Å². The summed E-state index contributed by atoms with van der Waals surface area (Å²) in [4.78, 5) is 0. The van der Waals surface area contributed by atoms with Gasteiger partial charge >= 0.3 is 0 Å². The highest BCUT2D eigenvalue weighted by Crippen LogP contribution is 2.39. The monoisotopic (exact) mass is 239 g/mol. The molecule has 1 atom stereocenters. The predicted octanol–water partition coefficient (Wildman–Crippen LogP) is 3.46. The fourth-order valence-electron chi connectivity index (χ4n) is 2.24. The standard InChI is InChI=1S/C13H18ClNO/c1-8-6-12(16-2)11(14)7-10(8)13(15)9-4-3-5-9/h6-7,9,13H,3-5,15H2,1-2H3. The minimum absolute atomic E-state index is 0.122. The van der Waals surface area contributed by atoms with Gasteiger partial charge in [0.2, 0.25) is 0 Å². The first-order valence-corrected chi connectivity index (χ1v) is 6.11. The van der Waals surface area contributed by atoms with Gasteiger partial charge in [-0.2, -0.15) is 0 Å². The molecule has 0 aromatic heterocycles. The summed E-state index contributed by atoms with van der Waals surface area (Å²) < 4.78 is 5.19. The van der Waals surface area contributed by atoms with Crippen molar-refractivity contribution in [2.45, 2.75) is 32.2 Å². The number of nitrogens with two attached hydrogens (primary N) is 1. The molecular formula is C13H18ClNO. The van der Waals surface area contributed by atoms with Crippen molar-refractivity contribution >= 4 is 11.6 Å². The lowest BCUT2D eigenvalue weighted by Crippen LogP contribution is -2.27. The molecule has 1 aliphatic rings. The van der Waals surface area contributed by atoms with Crippen molar-refractivity contribution in [3.63, 3.8) is 0 Å². The zero-order chi connectivity index (χ0) is 11.7. The molecule has 2 nitrogen and oxygen atoms in total. The van der Waals surface area contributed by atoms with Crippen LogP contribution in [0.5, 0.6) is 5.75 Å². The Morgan fingerprint density at radius 3 is 2.62 bits per heavy atom. The summed E-state index contributed by atoms with van der Waals surface area (Å²) in [6.45, 7) is 2.06. The molecule has 0 bridgehead atoms. The Labute approximate surface area is 102 Å². The van der Waals surface area contributed by atoms with Crippen LogP contribution in [-0.4, -0.2) is 7.11 Å². The average Bonchev–Trinajstić information content (AvgIpc) is 2.18. The van der Waals surface area contributed by atoms with Crippen LogP contribution in [0.2, 0.25) is 5.02 Å². The summed E-state index contributed by atoms with van der Waals surface area (Å²) in [5.74, 6) is 1.35. The molecule has 1 aliphatic carbocycles. The summed E-state index contributed by atoms with van der Waals surface area (Å²) in [7, 11) is 1.63. The fraction of sp³-hybridized carbons (Fsp3) is 0.538. The Balaban J connectivity index is 2.29. The molecule has 0 saturated heterocycles. The zero-order valence-electron chi connectivity index (χ0n) is 9.79. The second-order valence-electron chi connectivity index (χ2n) is 4.56. The largest absolute Gasteiger partial charge is 0.495 e. The first-order chi connectivity index (χ1) is 7.63. The Kier molecular flexibility index (Phi) is 3.41. The molecule has 88 valence electrons. The topological polar surface area (TPSA) is 35.2 Å². The molecule has 2 rings (SSSR count). The molecule has 1 aromatic carbocycles. The molecule has 0 radical (unpaired) electrons. The first-order valence-electron chi connectivity index (χ1n) is 5.73. The third-order valence-electron chi connectivity index (χ3n) is 3.56. The molecule has 1 aromatic rings. The maximum absolute atomic E-state index is 6.26. The van der Waals surface area contributed by atoms with Crippen LogP contribution in [0.15, 0.2) is 12.1 Å². The van der Waals surface area contributed by atoms with E-state index in [0.717, 1.165) is 11.3 Å². The van der Waals surface area contributed by atoms with Crippen molar-refractivity contribution in [3.8, 4) is 5.75 Å². The Hall–Kier alpha value is -0.730. The number of benzene rings is 1. The normalized spacial score (nSPS) is 18.0. The SMILES string of the molecule is COc1cc(C)c(C(N)C2CCC2)cc1Cl. The highest BCUT2D eigenvalue weighted by Gasteiger charge is 2.27. The van der Waals surface area contributed by atoms with Crippen molar-refractivity contribution in [1.82, 2.24) is 0 Å². The number of hydrogen-bond donors (Lipinski definition) is 1. The second kappa shape index (κ2) is 4.64. The number of hydrogen-bond acceptors (Lipinski definition) is 2. The van der Waals surface area contributed by atoms with Crippen molar-refractivity contribution < 1.29 is 4.74 Å². The minimum Gasteiger partial charge on any atom is -0.495 e. The lowest BCUT2D eigenvalue weighted by Gasteiger charge is -2.32. The van der Waals surface area contributed by atoms with E-state index in [1.807, 2.05) is 12.1 Å². The second-order valence-corrected chi connectivity index (χ2v) is 4.97. The van der Waals surface area contributed by atoms with E-state index >= 15 is 0 Å². The molecule has 0 spiro atoms. The molecule has 0 amide bonds. The maximum Gasteiger partial charge on any atom is 0.137 e. The van der Waals surface area contributed by atoms with Crippen molar-refractivity contribution in [2.24, 2.45) is 11.7 Å². The van der Waals surface area contributed by atoms with Crippen LogP contribution in [0.3, 0.4) is 0 Å². The predicted molar refractivity (Wildman–Crippen MR) is 67.0 cm³/mol. The third kappa shape index (κ3) is 2.04. The van der Waals surface area contributed by atoms with Gasteiger partial charge in [0.15, 0.2) is 0 Å². The first kappa shape index (κ1) is 11.7. The van der Waals surface area contributed by atoms with Gasteiger partial charge < -0.3 is 10.5 Å². The lowest BCUT2D eigenvalue weighted by atomic mass is 9.77. The van der Waals surface area contributed by atoms with Crippen molar-refractivity contribution in [3.05, 3.63) is 28.3 Å². The Morgan fingerprint density at radius 1 is 1.44 bits per heavy atom. The van der Waals surface area contributed by atoms with Crippen LogP contribution in [0.4, 0.5) is 0 Å². The lowest BCUT2D eigenvalue weighted by molar-refractivity contribution is 0.264. The van der Waals surface area contributed by atoms with Crippen LogP contribution in [0.25, 0.3) is 0 Å². The van der Waals surface area contributed by atoms with Crippen LogP contribution in [0, 0.1) is 12.8 Å². The molecule has 0 heterocycles. The third-order valence-corrected chi connectivity index (χ3v) is 3.85. The van der Waals surface area contributed by atoms with Gasteiger partial charge in [-0.3, -0.25) is 0 Å². The van der Waals surface area contributed by atoms with Crippen molar-refractivity contribution in [1.29, 1.82) is 0 Å². The highest BCUT2D eigenvalue weighted by molar-refractivity contribution is 6.32. The maximum atomic E-state index is 6.26. The molecule has 0 aliphatic heterocycles. The quantitative estimate of drug-likeness (QED) is 0.877. The summed E-state index contributed by atoms with van der Waals surface area (Å²) in [6.07, 6.45) is 3.79. The fourth-order valence-corrected chi connectivity index (χ4v) is 2.49. The van der Waals surface area contributed by atoms with Crippen molar-refractivity contribution in [2.75, 3.05) is 7.11 Å². The van der Waals surface area contributed by atoms with E-state index in [1.165, 1.54) is 24.8 Å². The van der Waals surface area contributed by atoms with Gasteiger partial charge in [-0.25, -0.2) is 0 Å². The van der Waals surface area contributed by atoms with Crippen LogP contribution < -0.4 is 10.5 Å². The number of methoxy groups -OCH3 is 1. The van der Waals surface area contributed by atoms with E-state index in [9.17, 15) is 0 Å². The number of halogens is 1. The highest BCUT2D eigenvalue weighted by atomic mass is 35.5. The summed E-state index contributed by atoms with van der Waals surface area (Å²) >= 11 is 6.13. The van der Waals surface area contributed by atoms with Gasteiger partial charge in [-0.15, -0.1) is 0 Å². The van der Waals surface area contributed by atoms with Gasteiger partial charge in [0.1, 0.15) is 5.75 Å². The van der Waals surface area contributed by atoms with Gasteiger partial charge in [0.25, 0.3) is 0 Å². The molecule has 1 saturated carbocycles. The summed E-state index contributed by atoms with van der Waals surface area (Å²) in [5, 5.41) is 0.651. The number of aryl methyl sites for hydroxylation is 1. The summed E-state index contributed by atoms with van der Waals surface area (Å²) in [6, 6.07) is 4.05. The summed E-state index contributed by atoms with van der Waals surface area (Å²) in [5.41, 5.74) is 8.59. The van der Waals surface area contributed by atoms with E-state index in [0.29, 0.717) is 10.9 Å². The van der Waals surface area contributed by atoms with Gasteiger partial charge in [-0.1, -0.05) is 18.0 Å². The Morgan fingerprint density at radius 2 is 2.12 bits per heavy atom. The molecule has 1 fully saturated rings. The van der Waals surface area contributed by atoms with Crippen LogP contribution in [0.1, 0.15) is 36.4 Å². The van der Waals surface area contributed by atoms with Crippen LogP contribution in [-0.2, 0) is 0 Å². The van der Waals surface area contributed by atoms with E-state index in [2.05, 4.69) is 6.92 Å². The van der Waals surface area contributed by atoms with Gasteiger partial charge in [-0.05, 0) is 48.9 Å². The van der Waals surface area contributed by atoms with E-state index in [4.69, 9.17) is 22.1 Å². The zero-order valence-corrected chi connectivity index (χ0v) is 10.6. The minimum atomic E-state index is 0.122. The Bertz CT molecular complexity index is 388. The van der Waals surface area contributed by atoms with Crippen LogP contribution >= 0.6 is 11.6 Å². The number of rotatable bonds is 3. The van der Waals surface area contributed by atoms with Gasteiger partial charge in [0.05, 0.1) is 12.1 Å². The smallest absolute Gasteiger partial charge is 0.137 e. The molecule has 3 heteroatoms. The van der Waals surface area contributed by atoms with E-state index in [1.54, 1.807) is 7.11 Å². The van der Waals surface area contributed by atoms with E-state index in [-0.39, 0.29) is 6.04 Å². The van der Waals surface area contributed by atoms with E-state index < -0.39 is 0 Å². The molecule has 16 heavy (non-hydrogen) atoms. The molecular weight excluding hydrogens is 222 g/mol. The number of ether oxygens (including phenoxy) is 1. The molecule has 2 N–H and O–H groups in total. The average molecular weight is 240 g/mol. The molecule has 1 unspecified atom stereocenters.